The van der Waals surface area contributed by atoms with E-state index in [9.17, 15) is 0 Å². The Labute approximate surface area is 223 Å². The molecule has 0 aromatic rings. The van der Waals surface area contributed by atoms with E-state index in [2.05, 4.69) is 88.0 Å². The first kappa shape index (κ1) is 32.5. The van der Waals surface area contributed by atoms with Crippen LogP contribution >= 0.6 is 0 Å². The molecule has 35 heavy (non-hydrogen) atoms. The summed E-state index contributed by atoms with van der Waals surface area (Å²) in [4.78, 5) is 0. The third kappa shape index (κ3) is 11.2. The van der Waals surface area contributed by atoms with Crippen molar-refractivity contribution in [3.05, 3.63) is 24.3 Å². The predicted octanol–water partition coefficient (Wildman–Crippen LogP) is 11.8. The summed E-state index contributed by atoms with van der Waals surface area (Å²) in [5.74, 6) is 8.06. The molecule has 0 nitrogen and oxygen atoms in total. The van der Waals surface area contributed by atoms with Crippen molar-refractivity contribution < 1.29 is 0 Å². The molecule has 0 spiro atoms. The molecule has 1 saturated carbocycles. The molecule has 10 unspecified atom stereocenters. The van der Waals surface area contributed by atoms with Crippen LogP contribution in [0.3, 0.4) is 0 Å². The molecule has 0 N–H and O–H groups in total. The number of hydrogen-bond acceptors (Lipinski definition) is 0. The first-order chi connectivity index (χ1) is 16.6. The Morgan fingerprint density at radius 3 is 1.94 bits per heavy atom. The van der Waals surface area contributed by atoms with E-state index in [0.29, 0.717) is 5.92 Å². The van der Waals surface area contributed by atoms with Crippen LogP contribution in [0.5, 0.6) is 0 Å². The van der Waals surface area contributed by atoms with Crippen LogP contribution in [0.15, 0.2) is 24.3 Å². The smallest absolute Gasteiger partial charge is 0.00205 e. The van der Waals surface area contributed by atoms with Gasteiger partial charge in [-0.2, -0.15) is 0 Å². The minimum Gasteiger partial charge on any atom is -0.102 e. The standard InChI is InChI=1S/C35H66/c1-12-17-26(7)22-34(27(8)15-4)30(11)28(9)19-20-33(35-23-29(35)10)32(16-5)24-31(18-13-2)21-25(6)14-3/h16,20,25-32,34-35H,5,12-15,17-19,21-24H2,1-4,6-11H3. The molecule has 0 aliphatic heterocycles. The summed E-state index contributed by atoms with van der Waals surface area (Å²) in [5.41, 5.74) is 1.76. The second-order valence-corrected chi connectivity index (χ2v) is 13.3. The molecule has 206 valence electrons. The summed E-state index contributed by atoms with van der Waals surface area (Å²) in [5, 5.41) is 0. The molecular weight excluding hydrogens is 420 g/mol. The highest BCUT2D eigenvalue weighted by atomic mass is 14.4. The maximum absolute atomic E-state index is 4.36. The van der Waals surface area contributed by atoms with Crippen molar-refractivity contribution in [1.82, 2.24) is 0 Å². The third-order valence-electron chi connectivity index (χ3n) is 10.1. The molecule has 10 atom stereocenters. The van der Waals surface area contributed by atoms with Crippen molar-refractivity contribution >= 4 is 0 Å². The van der Waals surface area contributed by atoms with Gasteiger partial charge in [-0.1, -0.05) is 125 Å². The Kier molecular flexibility index (Phi) is 15.9. The van der Waals surface area contributed by atoms with Crippen molar-refractivity contribution in [2.45, 2.75) is 140 Å². The van der Waals surface area contributed by atoms with Gasteiger partial charge in [0.2, 0.25) is 0 Å². The zero-order valence-corrected chi connectivity index (χ0v) is 25.9. The molecule has 1 rings (SSSR count). The maximum atomic E-state index is 4.36. The first-order valence-electron chi connectivity index (χ1n) is 15.9. The molecule has 0 aromatic heterocycles. The zero-order valence-electron chi connectivity index (χ0n) is 25.9. The van der Waals surface area contributed by atoms with Gasteiger partial charge in [-0.25, -0.2) is 0 Å². The topological polar surface area (TPSA) is 0 Å². The Morgan fingerprint density at radius 2 is 1.46 bits per heavy atom. The van der Waals surface area contributed by atoms with Crippen LogP contribution in [0.25, 0.3) is 0 Å². The van der Waals surface area contributed by atoms with Gasteiger partial charge in [-0.05, 0) is 91.3 Å². The molecular formula is C35H66. The minimum atomic E-state index is 0.586. The highest BCUT2D eigenvalue weighted by Crippen LogP contribution is 2.49. The average Bonchev–Trinajstić information content (AvgIpc) is 3.56. The largest absolute Gasteiger partial charge is 0.102 e. The van der Waals surface area contributed by atoms with Gasteiger partial charge in [0.1, 0.15) is 0 Å². The van der Waals surface area contributed by atoms with Gasteiger partial charge in [0.15, 0.2) is 0 Å². The fraction of sp³-hybridized carbons (Fsp3) is 0.886. The van der Waals surface area contributed by atoms with E-state index in [1.165, 1.54) is 70.6 Å². The summed E-state index contributed by atoms with van der Waals surface area (Å²) in [7, 11) is 0. The van der Waals surface area contributed by atoms with E-state index >= 15 is 0 Å². The van der Waals surface area contributed by atoms with E-state index in [4.69, 9.17) is 0 Å². The third-order valence-corrected chi connectivity index (χ3v) is 10.1. The van der Waals surface area contributed by atoms with E-state index in [-0.39, 0.29) is 0 Å². The summed E-state index contributed by atoms with van der Waals surface area (Å²) >= 11 is 0. The second kappa shape index (κ2) is 17.1. The quantitative estimate of drug-likeness (QED) is 0.150. The lowest BCUT2D eigenvalue weighted by Gasteiger charge is -2.35. The van der Waals surface area contributed by atoms with Crippen molar-refractivity contribution in [3.8, 4) is 0 Å². The fourth-order valence-electron chi connectivity index (χ4n) is 6.87. The molecule has 0 heteroatoms. The Balaban J connectivity index is 3.00. The number of allylic oxidation sites excluding steroid dienone is 3. The van der Waals surface area contributed by atoms with Gasteiger partial charge >= 0.3 is 0 Å². The van der Waals surface area contributed by atoms with Gasteiger partial charge in [-0.15, -0.1) is 6.58 Å². The summed E-state index contributed by atoms with van der Waals surface area (Å²) in [6, 6.07) is 0. The van der Waals surface area contributed by atoms with Gasteiger partial charge in [0.05, 0.1) is 0 Å². The van der Waals surface area contributed by atoms with Gasteiger partial charge < -0.3 is 0 Å². The molecule has 0 bridgehead atoms. The molecule has 0 heterocycles. The summed E-state index contributed by atoms with van der Waals surface area (Å²) in [6.45, 7) is 28.8. The van der Waals surface area contributed by atoms with Gasteiger partial charge in [-0.3, -0.25) is 0 Å². The van der Waals surface area contributed by atoms with Crippen LogP contribution in [-0.4, -0.2) is 0 Å². The van der Waals surface area contributed by atoms with E-state index in [1.54, 1.807) is 5.57 Å². The lowest BCUT2D eigenvalue weighted by atomic mass is 9.71. The summed E-state index contributed by atoms with van der Waals surface area (Å²) < 4.78 is 0. The van der Waals surface area contributed by atoms with Crippen LogP contribution in [0.4, 0.5) is 0 Å². The van der Waals surface area contributed by atoms with Crippen LogP contribution in [0.1, 0.15) is 140 Å². The van der Waals surface area contributed by atoms with Crippen LogP contribution < -0.4 is 0 Å². The molecule has 0 aromatic carbocycles. The Bertz CT molecular complexity index is 585. The minimum absolute atomic E-state index is 0.586. The lowest BCUT2D eigenvalue weighted by molar-refractivity contribution is 0.156. The summed E-state index contributed by atoms with van der Waals surface area (Å²) in [6.07, 6.45) is 19.8. The highest BCUT2D eigenvalue weighted by Gasteiger charge is 2.38. The molecule has 1 aliphatic rings. The van der Waals surface area contributed by atoms with E-state index in [1.807, 2.05) is 0 Å². The molecule has 1 aliphatic carbocycles. The predicted molar refractivity (Wildman–Crippen MR) is 161 cm³/mol. The monoisotopic (exact) mass is 487 g/mol. The van der Waals surface area contributed by atoms with Crippen molar-refractivity contribution in [1.29, 1.82) is 0 Å². The molecule has 1 fully saturated rings. The van der Waals surface area contributed by atoms with Gasteiger partial charge in [0.25, 0.3) is 0 Å². The van der Waals surface area contributed by atoms with Crippen LogP contribution in [0, 0.1) is 59.2 Å². The van der Waals surface area contributed by atoms with Crippen LogP contribution in [0.2, 0.25) is 0 Å². The van der Waals surface area contributed by atoms with Crippen molar-refractivity contribution in [3.63, 3.8) is 0 Å². The average molecular weight is 487 g/mol. The second-order valence-electron chi connectivity index (χ2n) is 13.3. The maximum Gasteiger partial charge on any atom is -0.00205 e. The molecule has 0 amide bonds. The highest BCUT2D eigenvalue weighted by molar-refractivity contribution is 5.22. The van der Waals surface area contributed by atoms with Crippen molar-refractivity contribution in [2.24, 2.45) is 59.2 Å². The normalized spacial score (nSPS) is 25.3. The number of hydrogen-bond donors (Lipinski definition) is 0. The van der Waals surface area contributed by atoms with Gasteiger partial charge in [0, 0.05) is 0 Å². The Hall–Kier alpha value is -0.520. The zero-order chi connectivity index (χ0) is 26.5. The van der Waals surface area contributed by atoms with Crippen LogP contribution in [-0.2, 0) is 0 Å². The SMILES string of the molecule is C=CC(CC(CCC)CC(C)CC)C(=CCC(C)C(C)C(CC(C)CCC)C(C)CC)C1CC1C. The molecule has 0 saturated heterocycles. The number of rotatable bonds is 20. The van der Waals surface area contributed by atoms with Crippen molar-refractivity contribution in [2.75, 3.05) is 0 Å². The lowest BCUT2D eigenvalue weighted by Crippen LogP contribution is -2.26. The molecule has 0 radical (unpaired) electrons. The van der Waals surface area contributed by atoms with E-state index in [0.717, 1.165) is 53.3 Å². The first-order valence-corrected chi connectivity index (χ1v) is 15.9. The fourth-order valence-corrected chi connectivity index (χ4v) is 6.87. The van der Waals surface area contributed by atoms with E-state index < -0.39 is 0 Å². The Morgan fingerprint density at radius 1 is 0.829 bits per heavy atom.